The molecule has 0 aliphatic carbocycles. The Morgan fingerprint density at radius 2 is 1.31 bits per heavy atom. The fourth-order valence-corrected chi connectivity index (χ4v) is 3.95. The van der Waals surface area contributed by atoms with Crippen LogP contribution in [0.2, 0.25) is 0 Å². The molecule has 2 nitrogen and oxygen atoms in total. The summed E-state index contributed by atoms with van der Waals surface area (Å²) < 4.78 is 0. The second-order valence-corrected chi connectivity index (χ2v) is 8.24. The van der Waals surface area contributed by atoms with Crippen molar-refractivity contribution in [3.8, 4) is 0 Å². The molecule has 3 rings (SSSR count). The Labute approximate surface area is 175 Å². The molecule has 0 bridgehead atoms. The van der Waals surface area contributed by atoms with Gasteiger partial charge in [0, 0.05) is 12.5 Å². The van der Waals surface area contributed by atoms with Crippen molar-refractivity contribution in [3.63, 3.8) is 0 Å². The number of carbonyl (C=O) groups excluding carboxylic acids is 1. The summed E-state index contributed by atoms with van der Waals surface area (Å²) in [6.45, 7) is 4.27. The number of ketones is 1. The van der Waals surface area contributed by atoms with Gasteiger partial charge in [0.05, 0.1) is 5.41 Å². The van der Waals surface area contributed by atoms with Gasteiger partial charge < -0.3 is 4.90 Å². The van der Waals surface area contributed by atoms with E-state index in [9.17, 15) is 4.79 Å². The number of hydrogen-bond donors (Lipinski definition) is 0. The molecule has 29 heavy (non-hydrogen) atoms. The normalized spacial score (nSPS) is 12.7. The van der Waals surface area contributed by atoms with Crippen LogP contribution in [0, 0.1) is 6.92 Å². The average Bonchev–Trinajstić information content (AvgIpc) is 2.74. The standard InChI is InChI=1S/C27H31NO/c1-21-15-17-23(18-16-21)19-26(29)27(20-22(2)28(3)4,24-11-7-5-8-12-24)25-13-9-6-10-14-25/h5-18,22H,19-20H2,1-4H3/t22-/m0/s1. The van der Waals surface area contributed by atoms with E-state index < -0.39 is 5.41 Å². The summed E-state index contributed by atoms with van der Waals surface area (Å²) in [5, 5.41) is 0. The first-order valence-corrected chi connectivity index (χ1v) is 10.3. The van der Waals surface area contributed by atoms with E-state index in [-0.39, 0.29) is 11.8 Å². The highest BCUT2D eigenvalue weighted by Crippen LogP contribution is 2.39. The molecule has 0 unspecified atom stereocenters. The molecule has 0 heterocycles. The maximum atomic E-state index is 14.1. The fourth-order valence-electron chi connectivity index (χ4n) is 3.95. The predicted molar refractivity (Wildman–Crippen MR) is 121 cm³/mol. The third-order valence-corrected chi connectivity index (χ3v) is 5.98. The van der Waals surface area contributed by atoms with E-state index in [0.717, 1.165) is 23.1 Å². The van der Waals surface area contributed by atoms with Crippen molar-refractivity contribution in [2.24, 2.45) is 0 Å². The van der Waals surface area contributed by atoms with Gasteiger partial charge in [0.2, 0.25) is 0 Å². The molecule has 0 saturated carbocycles. The molecule has 0 saturated heterocycles. The van der Waals surface area contributed by atoms with E-state index in [4.69, 9.17) is 0 Å². The van der Waals surface area contributed by atoms with Crippen molar-refractivity contribution in [1.82, 2.24) is 4.90 Å². The minimum Gasteiger partial charge on any atom is -0.307 e. The largest absolute Gasteiger partial charge is 0.307 e. The molecular formula is C27H31NO. The number of hydrogen-bond acceptors (Lipinski definition) is 2. The van der Waals surface area contributed by atoms with Gasteiger partial charge in [-0.3, -0.25) is 4.79 Å². The van der Waals surface area contributed by atoms with Gasteiger partial charge in [0.15, 0.2) is 5.78 Å². The van der Waals surface area contributed by atoms with Gasteiger partial charge in [0.25, 0.3) is 0 Å². The quantitative estimate of drug-likeness (QED) is 0.515. The van der Waals surface area contributed by atoms with Gasteiger partial charge in [-0.1, -0.05) is 90.5 Å². The number of nitrogens with zero attached hydrogens (tertiary/aromatic N) is 1. The van der Waals surface area contributed by atoms with E-state index in [1.807, 2.05) is 36.4 Å². The molecule has 0 aliphatic rings. The van der Waals surface area contributed by atoms with E-state index in [2.05, 4.69) is 81.4 Å². The highest BCUT2D eigenvalue weighted by Gasteiger charge is 2.42. The van der Waals surface area contributed by atoms with Crippen LogP contribution in [0.25, 0.3) is 0 Å². The summed E-state index contributed by atoms with van der Waals surface area (Å²) in [7, 11) is 4.16. The minimum atomic E-state index is -0.683. The number of carbonyl (C=O) groups is 1. The third kappa shape index (κ3) is 4.65. The lowest BCUT2D eigenvalue weighted by atomic mass is 9.66. The van der Waals surface area contributed by atoms with Gasteiger partial charge in [-0.25, -0.2) is 0 Å². The van der Waals surface area contributed by atoms with Crippen molar-refractivity contribution in [1.29, 1.82) is 0 Å². The lowest BCUT2D eigenvalue weighted by Gasteiger charge is -2.38. The average molecular weight is 386 g/mol. The summed E-state index contributed by atoms with van der Waals surface area (Å²) in [5.74, 6) is 0.243. The number of rotatable bonds is 8. The number of aryl methyl sites for hydroxylation is 1. The first-order chi connectivity index (χ1) is 13.9. The Morgan fingerprint density at radius 3 is 1.76 bits per heavy atom. The number of Topliss-reactive ketones (excluding diaryl/α,β-unsaturated/α-hetero) is 1. The molecule has 0 N–H and O–H groups in total. The zero-order valence-corrected chi connectivity index (χ0v) is 17.9. The predicted octanol–water partition coefficient (Wildman–Crippen LogP) is 5.43. The molecule has 2 heteroatoms. The smallest absolute Gasteiger partial charge is 0.152 e. The van der Waals surface area contributed by atoms with Gasteiger partial charge in [0.1, 0.15) is 0 Å². The van der Waals surface area contributed by atoms with E-state index in [1.54, 1.807) is 0 Å². The second-order valence-electron chi connectivity index (χ2n) is 8.24. The van der Waals surface area contributed by atoms with Crippen LogP contribution in [0.5, 0.6) is 0 Å². The molecule has 0 aliphatic heterocycles. The maximum Gasteiger partial charge on any atom is 0.152 e. The van der Waals surface area contributed by atoms with Gasteiger partial charge in [-0.15, -0.1) is 0 Å². The van der Waals surface area contributed by atoms with Crippen molar-refractivity contribution >= 4 is 5.78 Å². The molecule has 150 valence electrons. The molecule has 1 atom stereocenters. The summed E-state index contributed by atoms with van der Waals surface area (Å²) >= 11 is 0. The van der Waals surface area contributed by atoms with Crippen molar-refractivity contribution in [2.75, 3.05) is 14.1 Å². The van der Waals surface area contributed by atoms with Crippen molar-refractivity contribution in [3.05, 3.63) is 107 Å². The van der Waals surface area contributed by atoms with Gasteiger partial charge in [-0.2, -0.15) is 0 Å². The lowest BCUT2D eigenvalue weighted by molar-refractivity contribution is -0.123. The molecule has 3 aromatic rings. The number of benzene rings is 3. The summed E-state index contributed by atoms with van der Waals surface area (Å²) in [4.78, 5) is 16.3. The molecule has 3 aromatic carbocycles. The van der Waals surface area contributed by atoms with Crippen LogP contribution >= 0.6 is 0 Å². The third-order valence-electron chi connectivity index (χ3n) is 5.98. The van der Waals surface area contributed by atoms with Crippen LogP contribution in [0.4, 0.5) is 0 Å². The highest BCUT2D eigenvalue weighted by molar-refractivity contribution is 5.95. The van der Waals surface area contributed by atoms with Crippen LogP contribution in [0.15, 0.2) is 84.9 Å². The van der Waals surface area contributed by atoms with E-state index in [1.165, 1.54) is 5.56 Å². The Bertz CT molecular complexity index is 874. The van der Waals surface area contributed by atoms with Crippen molar-refractivity contribution in [2.45, 2.75) is 38.1 Å². The van der Waals surface area contributed by atoms with E-state index in [0.29, 0.717) is 6.42 Å². The van der Waals surface area contributed by atoms with Crippen LogP contribution < -0.4 is 0 Å². The molecular weight excluding hydrogens is 354 g/mol. The first-order valence-electron chi connectivity index (χ1n) is 10.3. The van der Waals surface area contributed by atoms with E-state index >= 15 is 0 Å². The van der Waals surface area contributed by atoms with Gasteiger partial charge in [-0.05, 0) is 51.1 Å². The molecule has 0 fully saturated rings. The summed E-state index contributed by atoms with van der Waals surface area (Å²) in [5.41, 5.74) is 3.72. The monoisotopic (exact) mass is 385 g/mol. The summed E-state index contributed by atoms with van der Waals surface area (Å²) in [6, 6.07) is 29.1. The van der Waals surface area contributed by atoms with Crippen LogP contribution in [-0.2, 0) is 16.6 Å². The summed E-state index contributed by atoms with van der Waals surface area (Å²) in [6.07, 6.45) is 1.16. The Balaban J connectivity index is 2.14. The molecule has 0 spiro atoms. The minimum absolute atomic E-state index is 0.243. The van der Waals surface area contributed by atoms with Gasteiger partial charge >= 0.3 is 0 Å². The second kappa shape index (κ2) is 9.19. The topological polar surface area (TPSA) is 20.3 Å². The van der Waals surface area contributed by atoms with Crippen LogP contribution in [-0.4, -0.2) is 30.8 Å². The zero-order chi connectivity index (χ0) is 20.9. The van der Waals surface area contributed by atoms with Crippen molar-refractivity contribution < 1.29 is 4.79 Å². The van der Waals surface area contributed by atoms with Crippen LogP contribution in [0.1, 0.15) is 35.6 Å². The molecule has 0 radical (unpaired) electrons. The molecule has 0 aromatic heterocycles. The maximum absolute atomic E-state index is 14.1. The zero-order valence-electron chi connectivity index (χ0n) is 17.9. The Morgan fingerprint density at radius 1 is 0.828 bits per heavy atom. The fraction of sp³-hybridized carbons (Fsp3) is 0.296. The molecule has 0 amide bonds. The Hall–Kier alpha value is -2.71. The lowest BCUT2D eigenvalue weighted by Crippen LogP contribution is -2.44. The first kappa shape index (κ1) is 21.0. The highest BCUT2D eigenvalue weighted by atomic mass is 16.1. The van der Waals surface area contributed by atoms with Crippen LogP contribution in [0.3, 0.4) is 0 Å². The Kier molecular flexibility index (Phi) is 6.66. The SMILES string of the molecule is Cc1ccc(CC(=O)C(C[C@H](C)N(C)C)(c2ccccc2)c2ccccc2)cc1.